The molecule has 2 atom stereocenters. The van der Waals surface area contributed by atoms with Gasteiger partial charge in [0.15, 0.2) is 0 Å². The molecule has 1 heteroatoms. The standard InChI is InChI=1S/C12H21N/c1-10-5-7-13(8-6-10)12-4-3-11(2)9-12/h11-12H,1,3-9H2,2H3. The van der Waals surface area contributed by atoms with E-state index in [0.29, 0.717) is 0 Å². The van der Waals surface area contributed by atoms with Crippen LogP contribution in [0.25, 0.3) is 0 Å². The van der Waals surface area contributed by atoms with Crippen LogP contribution < -0.4 is 0 Å². The highest BCUT2D eigenvalue weighted by Crippen LogP contribution is 2.30. The lowest BCUT2D eigenvalue weighted by Crippen LogP contribution is -2.38. The van der Waals surface area contributed by atoms with Crippen LogP contribution in [0.15, 0.2) is 12.2 Å². The number of hydrogen-bond acceptors (Lipinski definition) is 1. The van der Waals surface area contributed by atoms with E-state index in [1.165, 1.54) is 50.8 Å². The van der Waals surface area contributed by atoms with Crippen LogP contribution in [0, 0.1) is 5.92 Å². The molecule has 0 aromatic rings. The number of piperidine rings is 1. The van der Waals surface area contributed by atoms with E-state index in [1.807, 2.05) is 0 Å². The summed E-state index contributed by atoms with van der Waals surface area (Å²) in [5.41, 5.74) is 1.46. The zero-order valence-corrected chi connectivity index (χ0v) is 8.76. The Bertz CT molecular complexity index is 187. The lowest BCUT2D eigenvalue weighted by Gasteiger charge is -2.33. The average Bonchev–Trinajstić information content (AvgIpc) is 2.53. The number of rotatable bonds is 1. The van der Waals surface area contributed by atoms with Crippen molar-refractivity contribution in [3.8, 4) is 0 Å². The SMILES string of the molecule is C=C1CCN(C2CCC(C)C2)CC1. The molecule has 1 nitrogen and oxygen atoms in total. The minimum absolute atomic E-state index is 0.906. The highest BCUT2D eigenvalue weighted by molar-refractivity contribution is 5.00. The third kappa shape index (κ3) is 2.14. The first kappa shape index (κ1) is 9.26. The number of hydrogen-bond donors (Lipinski definition) is 0. The summed E-state index contributed by atoms with van der Waals surface area (Å²) in [5, 5.41) is 0. The summed E-state index contributed by atoms with van der Waals surface area (Å²) in [6.45, 7) is 9.00. The Morgan fingerprint density at radius 1 is 1.23 bits per heavy atom. The average molecular weight is 179 g/mol. The Morgan fingerprint density at radius 2 is 1.92 bits per heavy atom. The molecule has 1 heterocycles. The van der Waals surface area contributed by atoms with E-state index in [-0.39, 0.29) is 0 Å². The second kappa shape index (κ2) is 3.83. The van der Waals surface area contributed by atoms with E-state index in [0.717, 1.165) is 12.0 Å². The van der Waals surface area contributed by atoms with Gasteiger partial charge in [-0.25, -0.2) is 0 Å². The van der Waals surface area contributed by atoms with Crippen molar-refractivity contribution in [2.45, 2.75) is 45.1 Å². The van der Waals surface area contributed by atoms with Crippen molar-refractivity contribution in [1.29, 1.82) is 0 Å². The Labute approximate surface area is 81.8 Å². The first-order valence-corrected chi connectivity index (χ1v) is 5.66. The van der Waals surface area contributed by atoms with Crippen molar-refractivity contribution in [1.82, 2.24) is 4.90 Å². The second-order valence-electron chi connectivity index (χ2n) is 4.86. The molecule has 2 unspecified atom stereocenters. The van der Waals surface area contributed by atoms with Crippen LogP contribution in [0.2, 0.25) is 0 Å². The Kier molecular flexibility index (Phi) is 2.73. The molecule has 13 heavy (non-hydrogen) atoms. The molecule has 0 spiro atoms. The molecule has 0 amide bonds. The zero-order valence-electron chi connectivity index (χ0n) is 8.76. The smallest absolute Gasteiger partial charge is 0.00981 e. The van der Waals surface area contributed by atoms with Crippen LogP contribution in [0.5, 0.6) is 0 Å². The van der Waals surface area contributed by atoms with Gasteiger partial charge in [0.25, 0.3) is 0 Å². The predicted molar refractivity (Wildman–Crippen MR) is 56.8 cm³/mol. The molecule has 0 aromatic carbocycles. The minimum atomic E-state index is 0.906. The fraction of sp³-hybridized carbons (Fsp3) is 0.833. The Hall–Kier alpha value is -0.300. The van der Waals surface area contributed by atoms with Crippen LogP contribution in [0.3, 0.4) is 0 Å². The lowest BCUT2D eigenvalue weighted by atomic mass is 10.0. The van der Waals surface area contributed by atoms with Gasteiger partial charge in [-0.05, 0) is 38.0 Å². The van der Waals surface area contributed by atoms with E-state index in [9.17, 15) is 0 Å². The molecule has 0 bridgehead atoms. The van der Waals surface area contributed by atoms with Gasteiger partial charge in [0.2, 0.25) is 0 Å². The van der Waals surface area contributed by atoms with Gasteiger partial charge < -0.3 is 0 Å². The first-order valence-electron chi connectivity index (χ1n) is 5.66. The van der Waals surface area contributed by atoms with Crippen LogP contribution in [0.4, 0.5) is 0 Å². The van der Waals surface area contributed by atoms with Gasteiger partial charge in [-0.2, -0.15) is 0 Å². The van der Waals surface area contributed by atoms with Crippen LogP contribution in [-0.4, -0.2) is 24.0 Å². The second-order valence-corrected chi connectivity index (χ2v) is 4.86. The molecule has 2 fully saturated rings. The van der Waals surface area contributed by atoms with E-state index in [4.69, 9.17) is 0 Å². The molecule has 2 aliphatic rings. The molecular weight excluding hydrogens is 158 g/mol. The van der Waals surface area contributed by atoms with E-state index in [1.54, 1.807) is 0 Å². The molecule has 1 aliphatic heterocycles. The highest BCUT2D eigenvalue weighted by atomic mass is 15.2. The summed E-state index contributed by atoms with van der Waals surface area (Å²) in [7, 11) is 0. The molecule has 2 rings (SSSR count). The molecular formula is C12H21N. The van der Waals surface area contributed by atoms with Gasteiger partial charge in [0.1, 0.15) is 0 Å². The van der Waals surface area contributed by atoms with E-state index in [2.05, 4.69) is 18.4 Å². The maximum Gasteiger partial charge on any atom is 0.00981 e. The quantitative estimate of drug-likeness (QED) is 0.559. The van der Waals surface area contributed by atoms with Crippen LogP contribution in [0.1, 0.15) is 39.0 Å². The van der Waals surface area contributed by atoms with Crippen LogP contribution in [-0.2, 0) is 0 Å². The summed E-state index contributed by atoms with van der Waals surface area (Å²) in [6.07, 6.45) is 6.80. The van der Waals surface area contributed by atoms with Gasteiger partial charge in [-0.1, -0.05) is 19.1 Å². The lowest BCUT2D eigenvalue weighted by molar-refractivity contribution is 0.182. The third-order valence-corrected chi connectivity index (χ3v) is 3.69. The highest BCUT2D eigenvalue weighted by Gasteiger charge is 2.27. The fourth-order valence-electron chi connectivity index (χ4n) is 2.71. The topological polar surface area (TPSA) is 3.24 Å². The summed E-state index contributed by atoms with van der Waals surface area (Å²) in [5.74, 6) is 0.968. The maximum atomic E-state index is 4.06. The van der Waals surface area contributed by atoms with Gasteiger partial charge in [-0.15, -0.1) is 0 Å². The van der Waals surface area contributed by atoms with Gasteiger partial charge in [-0.3, -0.25) is 4.90 Å². The summed E-state index contributed by atoms with van der Waals surface area (Å²) >= 11 is 0. The van der Waals surface area contributed by atoms with Gasteiger partial charge in [0, 0.05) is 19.1 Å². The largest absolute Gasteiger partial charge is 0.300 e. The van der Waals surface area contributed by atoms with E-state index >= 15 is 0 Å². The molecule has 1 saturated carbocycles. The third-order valence-electron chi connectivity index (χ3n) is 3.69. The molecule has 0 N–H and O–H groups in total. The van der Waals surface area contributed by atoms with Gasteiger partial charge in [0.05, 0.1) is 0 Å². The summed E-state index contributed by atoms with van der Waals surface area (Å²) in [4.78, 5) is 2.69. The molecule has 1 aliphatic carbocycles. The number of likely N-dealkylation sites (tertiary alicyclic amines) is 1. The van der Waals surface area contributed by atoms with Crippen molar-refractivity contribution < 1.29 is 0 Å². The Morgan fingerprint density at radius 3 is 2.46 bits per heavy atom. The number of nitrogens with zero attached hydrogens (tertiary/aromatic N) is 1. The van der Waals surface area contributed by atoms with E-state index < -0.39 is 0 Å². The zero-order chi connectivity index (χ0) is 9.26. The Balaban J connectivity index is 1.84. The molecule has 0 aromatic heterocycles. The fourth-order valence-corrected chi connectivity index (χ4v) is 2.71. The van der Waals surface area contributed by atoms with Crippen molar-refractivity contribution in [3.63, 3.8) is 0 Å². The maximum absolute atomic E-state index is 4.06. The summed E-state index contributed by atoms with van der Waals surface area (Å²) < 4.78 is 0. The van der Waals surface area contributed by atoms with Gasteiger partial charge >= 0.3 is 0 Å². The van der Waals surface area contributed by atoms with Crippen molar-refractivity contribution >= 4 is 0 Å². The van der Waals surface area contributed by atoms with Crippen LogP contribution >= 0.6 is 0 Å². The predicted octanol–water partition coefficient (Wildman–Crippen LogP) is 2.83. The van der Waals surface area contributed by atoms with Crippen molar-refractivity contribution in [2.75, 3.05) is 13.1 Å². The first-order chi connectivity index (χ1) is 6.25. The normalized spacial score (nSPS) is 36.8. The monoisotopic (exact) mass is 179 g/mol. The molecule has 1 saturated heterocycles. The molecule has 0 radical (unpaired) electrons. The van der Waals surface area contributed by atoms with Crippen molar-refractivity contribution in [2.24, 2.45) is 5.92 Å². The van der Waals surface area contributed by atoms with Crippen molar-refractivity contribution in [3.05, 3.63) is 12.2 Å². The minimum Gasteiger partial charge on any atom is -0.300 e. The summed E-state index contributed by atoms with van der Waals surface area (Å²) in [6, 6.07) is 0.906. The molecule has 74 valence electrons.